The van der Waals surface area contributed by atoms with Gasteiger partial charge in [0, 0.05) is 18.1 Å². The van der Waals surface area contributed by atoms with Crippen LogP contribution in [0, 0.1) is 5.92 Å². The molecule has 1 saturated carbocycles. The largest absolute Gasteiger partial charge is 0.394 e. The molecule has 1 saturated heterocycles. The topological polar surface area (TPSA) is 49.5 Å². The molecular formula is C12H24N2O. The third kappa shape index (κ3) is 2.35. The van der Waals surface area contributed by atoms with Crippen molar-refractivity contribution >= 4 is 0 Å². The molecule has 1 aliphatic heterocycles. The number of likely N-dealkylation sites (tertiary alicyclic amines) is 1. The average molecular weight is 212 g/mol. The van der Waals surface area contributed by atoms with Crippen molar-refractivity contribution in [3.05, 3.63) is 0 Å². The third-order valence-electron chi connectivity index (χ3n) is 4.34. The van der Waals surface area contributed by atoms with Crippen LogP contribution >= 0.6 is 0 Å². The van der Waals surface area contributed by atoms with Crippen molar-refractivity contribution in [3.63, 3.8) is 0 Å². The summed E-state index contributed by atoms with van der Waals surface area (Å²) in [6.45, 7) is 4.92. The first-order valence-corrected chi connectivity index (χ1v) is 6.30. The molecule has 1 aliphatic carbocycles. The quantitative estimate of drug-likeness (QED) is 0.732. The normalized spacial score (nSPS) is 42.6. The van der Waals surface area contributed by atoms with Crippen molar-refractivity contribution in [2.24, 2.45) is 11.7 Å². The van der Waals surface area contributed by atoms with E-state index < -0.39 is 0 Å². The van der Waals surface area contributed by atoms with Gasteiger partial charge in [0.05, 0.1) is 6.61 Å². The van der Waals surface area contributed by atoms with Gasteiger partial charge in [0.15, 0.2) is 0 Å². The van der Waals surface area contributed by atoms with Crippen LogP contribution in [0.3, 0.4) is 0 Å². The molecule has 15 heavy (non-hydrogen) atoms. The third-order valence-corrected chi connectivity index (χ3v) is 4.34. The van der Waals surface area contributed by atoms with Crippen molar-refractivity contribution in [1.82, 2.24) is 4.90 Å². The van der Waals surface area contributed by atoms with E-state index in [0.29, 0.717) is 6.04 Å². The fraction of sp³-hybridized carbons (Fsp3) is 1.00. The molecule has 0 amide bonds. The van der Waals surface area contributed by atoms with E-state index in [1.807, 2.05) is 0 Å². The molecule has 2 aliphatic rings. The maximum absolute atomic E-state index is 9.24. The summed E-state index contributed by atoms with van der Waals surface area (Å²) in [5.74, 6) is 0.895. The first-order chi connectivity index (χ1) is 7.17. The van der Waals surface area contributed by atoms with Crippen molar-refractivity contribution in [2.75, 3.05) is 19.7 Å². The average Bonchev–Trinajstić information content (AvgIpc) is 2.84. The van der Waals surface area contributed by atoms with Gasteiger partial charge in [-0.2, -0.15) is 0 Å². The van der Waals surface area contributed by atoms with Crippen LogP contribution in [0.1, 0.15) is 39.0 Å². The summed E-state index contributed by atoms with van der Waals surface area (Å²) in [4.78, 5) is 2.60. The van der Waals surface area contributed by atoms with Crippen LogP contribution in [0.4, 0.5) is 0 Å². The lowest BCUT2D eigenvalue weighted by atomic mass is 10.0. The van der Waals surface area contributed by atoms with E-state index in [0.717, 1.165) is 18.8 Å². The number of aliphatic hydroxyl groups excluding tert-OH is 1. The monoisotopic (exact) mass is 212 g/mol. The van der Waals surface area contributed by atoms with E-state index in [9.17, 15) is 5.11 Å². The van der Waals surface area contributed by atoms with Gasteiger partial charge in [0.2, 0.25) is 0 Å². The van der Waals surface area contributed by atoms with Crippen LogP contribution in [-0.2, 0) is 0 Å². The van der Waals surface area contributed by atoms with Gasteiger partial charge in [0.25, 0.3) is 0 Å². The minimum Gasteiger partial charge on any atom is -0.394 e. The van der Waals surface area contributed by atoms with E-state index in [-0.39, 0.29) is 12.1 Å². The fourth-order valence-corrected chi connectivity index (χ4v) is 3.11. The Bertz CT molecular complexity index is 222. The van der Waals surface area contributed by atoms with Gasteiger partial charge in [-0.05, 0) is 38.1 Å². The number of nitrogens with zero attached hydrogens (tertiary/aromatic N) is 1. The van der Waals surface area contributed by atoms with E-state index >= 15 is 0 Å². The number of hydrogen-bond acceptors (Lipinski definition) is 3. The Balaban J connectivity index is 1.86. The second-order valence-electron chi connectivity index (χ2n) is 5.47. The molecule has 2 fully saturated rings. The van der Waals surface area contributed by atoms with Crippen molar-refractivity contribution in [3.8, 4) is 0 Å². The van der Waals surface area contributed by atoms with Crippen LogP contribution in [0.15, 0.2) is 0 Å². The minimum absolute atomic E-state index is 0.147. The Kier molecular flexibility index (Phi) is 3.33. The highest BCUT2D eigenvalue weighted by Gasteiger charge is 2.39. The fourth-order valence-electron chi connectivity index (χ4n) is 3.11. The summed E-state index contributed by atoms with van der Waals surface area (Å²) in [6.07, 6.45) is 5.80. The lowest BCUT2D eigenvalue weighted by Gasteiger charge is -2.26. The van der Waals surface area contributed by atoms with Gasteiger partial charge in [-0.25, -0.2) is 0 Å². The van der Waals surface area contributed by atoms with Gasteiger partial charge in [-0.1, -0.05) is 13.3 Å². The Hall–Kier alpha value is -0.120. The number of aliphatic hydroxyl groups is 1. The molecule has 0 bridgehead atoms. The second-order valence-corrected chi connectivity index (χ2v) is 5.47. The second kappa shape index (κ2) is 4.40. The zero-order valence-electron chi connectivity index (χ0n) is 9.78. The SMILES string of the molecule is CCC1CCN(C2CCC(N)(CO)C2)C1. The minimum atomic E-state index is -0.283. The van der Waals surface area contributed by atoms with Gasteiger partial charge < -0.3 is 15.7 Å². The van der Waals surface area contributed by atoms with Crippen LogP contribution in [-0.4, -0.2) is 41.3 Å². The molecule has 3 atom stereocenters. The van der Waals surface area contributed by atoms with Crippen molar-refractivity contribution in [1.29, 1.82) is 0 Å². The Morgan fingerprint density at radius 1 is 1.47 bits per heavy atom. The summed E-state index contributed by atoms with van der Waals surface area (Å²) in [6, 6.07) is 0.638. The first-order valence-electron chi connectivity index (χ1n) is 6.30. The van der Waals surface area contributed by atoms with Gasteiger partial charge >= 0.3 is 0 Å². The van der Waals surface area contributed by atoms with E-state index in [2.05, 4.69) is 11.8 Å². The van der Waals surface area contributed by atoms with Gasteiger partial charge in [-0.3, -0.25) is 0 Å². The molecular weight excluding hydrogens is 188 g/mol. The predicted octanol–water partition coefficient (Wildman–Crippen LogP) is 0.961. The lowest BCUT2D eigenvalue weighted by molar-refractivity contribution is 0.178. The molecule has 0 aromatic rings. The maximum atomic E-state index is 9.24. The molecule has 3 heteroatoms. The summed E-state index contributed by atoms with van der Waals surface area (Å²) >= 11 is 0. The molecule has 0 aromatic heterocycles. The van der Waals surface area contributed by atoms with E-state index in [1.165, 1.54) is 32.4 Å². The molecule has 3 nitrogen and oxygen atoms in total. The molecule has 3 N–H and O–H groups in total. The molecule has 2 rings (SSSR count). The zero-order valence-corrected chi connectivity index (χ0v) is 9.78. The maximum Gasteiger partial charge on any atom is 0.0611 e. The van der Waals surface area contributed by atoms with E-state index in [1.54, 1.807) is 0 Å². The number of hydrogen-bond donors (Lipinski definition) is 2. The predicted molar refractivity (Wildman–Crippen MR) is 61.6 cm³/mol. The smallest absolute Gasteiger partial charge is 0.0611 e. The van der Waals surface area contributed by atoms with E-state index in [4.69, 9.17) is 5.73 Å². The summed E-state index contributed by atoms with van der Waals surface area (Å²) in [7, 11) is 0. The summed E-state index contributed by atoms with van der Waals surface area (Å²) in [5.41, 5.74) is 5.82. The first kappa shape index (κ1) is 11.4. The van der Waals surface area contributed by atoms with Gasteiger partial charge in [-0.15, -0.1) is 0 Å². The lowest BCUT2D eigenvalue weighted by Crippen LogP contribution is -2.43. The molecule has 0 spiro atoms. The summed E-state index contributed by atoms with van der Waals surface area (Å²) < 4.78 is 0. The van der Waals surface area contributed by atoms with Crippen LogP contribution < -0.4 is 5.73 Å². The Morgan fingerprint density at radius 2 is 2.27 bits per heavy atom. The molecule has 1 heterocycles. The van der Waals surface area contributed by atoms with Crippen LogP contribution in [0.25, 0.3) is 0 Å². The molecule has 0 radical (unpaired) electrons. The van der Waals surface area contributed by atoms with Crippen LogP contribution in [0.5, 0.6) is 0 Å². The molecule has 0 aromatic carbocycles. The van der Waals surface area contributed by atoms with Crippen molar-refractivity contribution < 1.29 is 5.11 Å². The Morgan fingerprint density at radius 3 is 2.80 bits per heavy atom. The van der Waals surface area contributed by atoms with Gasteiger partial charge in [0.1, 0.15) is 0 Å². The van der Waals surface area contributed by atoms with Crippen molar-refractivity contribution in [2.45, 2.75) is 50.6 Å². The highest BCUT2D eigenvalue weighted by Crippen LogP contribution is 2.34. The van der Waals surface area contributed by atoms with Crippen LogP contribution in [0.2, 0.25) is 0 Å². The molecule has 88 valence electrons. The Labute approximate surface area is 92.6 Å². The standard InChI is InChI=1S/C12H24N2O/c1-2-10-4-6-14(8-10)11-3-5-12(13,7-11)9-15/h10-11,15H,2-9,13H2,1H3. The number of nitrogens with two attached hydrogens (primary N) is 1. The highest BCUT2D eigenvalue weighted by atomic mass is 16.3. The highest BCUT2D eigenvalue weighted by molar-refractivity contribution is 4.98. The summed E-state index contributed by atoms with van der Waals surface area (Å²) in [5, 5.41) is 9.24. The number of rotatable bonds is 3. The molecule has 3 unspecified atom stereocenters. The zero-order chi connectivity index (χ0) is 10.9.